The number of aromatic nitrogens is 1. The van der Waals surface area contributed by atoms with Crippen molar-refractivity contribution in [3.05, 3.63) is 42.2 Å². The number of ether oxygens (including phenoxy) is 1. The van der Waals surface area contributed by atoms with Gasteiger partial charge in [0.25, 0.3) is 0 Å². The monoisotopic (exact) mass is 273 g/mol. The van der Waals surface area contributed by atoms with Crippen LogP contribution in [0.5, 0.6) is 0 Å². The molecule has 0 aliphatic carbocycles. The molecule has 1 fully saturated rings. The van der Waals surface area contributed by atoms with Gasteiger partial charge in [0.2, 0.25) is 5.91 Å². The van der Waals surface area contributed by atoms with Gasteiger partial charge in [0.1, 0.15) is 0 Å². The molecule has 1 aromatic heterocycles. The molecule has 0 unspecified atom stereocenters. The Morgan fingerprint density at radius 2 is 2.00 bits per heavy atom. The minimum Gasteiger partial charge on any atom is -0.550 e. The van der Waals surface area contributed by atoms with E-state index in [0.29, 0.717) is 5.69 Å². The number of hydrogen-bond donors (Lipinski definition) is 1. The number of carbonyl (C=O) groups excluding carboxylic acids is 2. The number of hydrogen-bond acceptors (Lipinski definition) is 5. The maximum Gasteiger partial charge on any atom is 0.227 e. The Morgan fingerprint density at radius 3 is 2.65 bits per heavy atom. The minimum absolute atomic E-state index is 0.261. The molecule has 6 nitrogen and oxygen atoms in total. The molecule has 2 aliphatic heterocycles. The Hall–Kier alpha value is -2.21. The third-order valence-electron chi connectivity index (χ3n) is 3.64. The molecular weight excluding hydrogens is 260 g/mol. The van der Waals surface area contributed by atoms with E-state index < -0.39 is 30.0 Å². The van der Waals surface area contributed by atoms with Crippen LogP contribution >= 0.6 is 0 Å². The van der Waals surface area contributed by atoms with Crippen LogP contribution in [0, 0.1) is 11.8 Å². The average molecular weight is 273 g/mol. The number of carboxylic acids is 1. The molecule has 1 N–H and O–H groups in total. The topological polar surface area (TPSA) is 91.3 Å². The fraction of sp³-hybridized carbons (Fsp3) is 0.357. The number of rotatable bonds is 4. The second kappa shape index (κ2) is 5.05. The molecule has 1 saturated heterocycles. The SMILES string of the molecule is O=C([O-])[C@@H]1[C@@H](C(=O)NCc2ccccn2)[C@H]2C=C[C@@H]1O2. The summed E-state index contributed by atoms with van der Waals surface area (Å²) in [5.41, 5.74) is 0.713. The van der Waals surface area contributed by atoms with Crippen molar-refractivity contribution in [3.8, 4) is 0 Å². The van der Waals surface area contributed by atoms with E-state index in [4.69, 9.17) is 4.74 Å². The van der Waals surface area contributed by atoms with E-state index in [9.17, 15) is 14.7 Å². The Kier molecular flexibility index (Phi) is 3.23. The van der Waals surface area contributed by atoms with Crippen LogP contribution in [0.2, 0.25) is 0 Å². The predicted molar refractivity (Wildman–Crippen MR) is 65.9 cm³/mol. The number of nitrogens with zero attached hydrogens (tertiary/aromatic N) is 1. The van der Waals surface area contributed by atoms with Crippen molar-refractivity contribution >= 4 is 11.9 Å². The lowest BCUT2D eigenvalue weighted by Crippen LogP contribution is -2.46. The zero-order valence-corrected chi connectivity index (χ0v) is 10.6. The normalized spacial score (nSPS) is 30.4. The van der Waals surface area contributed by atoms with Gasteiger partial charge in [-0.05, 0) is 12.1 Å². The number of carboxylic acid groups (broad SMARTS) is 1. The Balaban J connectivity index is 1.68. The van der Waals surface area contributed by atoms with Crippen LogP contribution in [0.3, 0.4) is 0 Å². The zero-order chi connectivity index (χ0) is 14.1. The summed E-state index contributed by atoms with van der Waals surface area (Å²) >= 11 is 0. The highest BCUT2D eigenvalue weighted by Crippen LogP contribution is 2.38. The van der Waals surface area contributed by atoms with Crippen molar-refractivity contribution in [3.63, 3.8) is 0 Å². The number of aliphatic carboxylic acids is 1. The van der Waals surface area contributed by atoms with Crippen LogP contribution in [0.15, 0.2) is 36.5 Å². The maximum atomic E-state index is 12.2. The summed E-state index contributed by atoms with van der Waals surface area (Å²) in [6, 6.07) is 5.39. The van der Waals surface area contributed by atoms with E-state index in [1.165, 1.54) is 0 Å². The van der Waals surface area contributed by atoms with Gasteiger partial charge in [-0.25, -0.2) is 0 Å². The highest BCUT2D eigenvalue weighted by molar-refractivity contribution is 5.86. The van der Waals surface area contributed by atoms with Gasteiger partial charge in [0.05, 0.1) is 30.4 Å². The summed E-state index contributed by atoms with van der Waals surface area (Å²) in [7, 11) is 0. The molecule has 104 valence electrons. The molecule has 20 heavy (non-hydrogen) atoms. The van der Waals surface area contributed by atoms with E-state index in [2.05, 4.69) is 10.3 Å². The van der Waals surface area contributed by atoms with Gasteiger partial charge in [-0.2, -0.15) is 0 Å². The first kappa shape index (κ1) is 12.8. The van der Waals surface area contributed by atoms with E-state index >= 15 is 0 Å². The molecule has 4 atom stereocenters. The van der Waals surface area contributed by atoms with Crippen molar-refractivity contribution < 1.29 is 19.4 Å². The summed E-state index contributed by atoms with van der Waals surface area (Å²) < 4.78 is 5.42. The molecule has 3 rings (SSSR count). The van der Waals surface area contributed by atoms with Crippen LogP contribution in [0.4, 0.5) is 0 Å². The van der Waals surface area contributed by atoms with Gasteiger partial charge < -0.3 is 20.0 Å². The molecular formula is C14H13N2O4-. The minimum atomic E-state index is -1.25. The quantitative estimate of drug-likeness (QED) is 0.712. The first-order chi connectivity index (χ1) is 9.66. The van der Waals surface area contributed by atoms with E-state index in [0.717, 1.165) is 0 Å². The summed E-state index contributed by atoms with van der Waals surface area (Å²) in [6.07, 6.45) is 4.00. The van der Waals surface area contributed by atoms with Crippen LogP contribution in [0.25, 0.3) is 0 Å². The summed E-state index contributed by atoms with van der Waals surface area (Å²) in [6.45, 7) is 0.261. The number of carbonyl (C=O) groups is 2. The van der Waals surface area contributed by atoms with Gasteiger partial charge in [0, 0.05) is 18.1 Å². The molecule has 0 saturated carbocycles. The smallest absolute Gasteiger partial charge is 0.227 e. The lowest BCUT2D eigenvalue weighted by atomic mass is 9.82. The lowest BCUT2D eigenvalue weighted by Gasteiger charge is -2.24. The van der Waals surface area contributed by atoms with Crippen LogP contribution in [-0.4, -0.2) is 29.1 Å². The molecule has 0 aromatic carbocycles. The maximum absolute atomic E-state index is 12.2. The zero-order valence-electron chi connectivity index (χ0n) is 10.6. The van der Waals surface area contributed by atoms with Crippen LogP contribution in [0.1, 0.15) is 5.69 Å². The van der Waals surface area contributed by atoms with Crippen molar-refractivity contribution in [1.29, 1.82) is 0 Å². The first-order valence-electron chi connectivity index (χ1n) is 6.39. The van der Waals surface area contributed by atoms with Gasteiger partial charge in [0.15, 0.2) is 0 Å². The molecule has 0 radical (unpaired) electrons. The van der Waals surface area contributed by atoms with E-state index in [1.54, 1.807) is 30.5 Å². The third-order valence-corrected chi connectivity index (χ3v) is 3.64. The fourth-order valence-electron chi connectivity index (χ4n) is 2.70. The second-order valence-electron chi connectivity index (χ2n) is 4.86. The molecule has 2 bridgehead atoms. The number of nitrogens with one attached hydrogen (secondary N) is 1. The van der Waals surface area contributed by atoms with E-state index in [1.807, 2.05) is 6.07 Å². The third kappa shape index (κ3) is 2.18. The van der Waals surface area contributed by atoms with Gasteiger partial charge in [-0.3, -0.25) is 9.78 Å². The Bertz CT molecular complexity index is 558. The number of pyridine rings is 1. The second-order valence-corrected chi connectivity index (χ2v) is 4.86. The summed E-state index contributed by atoms with van der Waals surface area (Å²) in [5, 5.41) is 13.9. The number of amides is 1. The molecule has 2 aliphatic rings. The van der Waals surface area contributed by atoms with Crippen molar-refractivity contribution in [2.24, 2.45) is 11.8 Å². The lowest BCUT2D eigenvalue weighted by molar-refractivity contribution is -0.313. The molecule has 6 heteroatoms. The van der Waals surface area contributed by atoms with Crippen LogP contribution in [-0.2, 0) is 20.9 Å². The van der Waals surface area contributed by atoms with E-state index in [-0.39, 0.29) is 12.5 Å². The fourth-order valence-corrected chi connectivity index (χ4v) is 2.70. The van der Waals surface area contributed by atoms with Crippen LogP contribution < -0.4 is 10.4 Å². The van der Waals surface area contributed by atoms with Crippen molar-refractivity contribution in [2.75, 3.05) is 0 Å². The van der Waals surface area contributed by atoms with Crippen molar-refractivity contribution in [1.82, 2.24) is 10.3 Å². The summed E-state index contributed by atoms with van der Waals surface area (Å²) in [5.74, 6) is -3.26. The molecule has 1 aromatic rings. The molecule has 3 heterocycles. The van der Waals surface area contributed by atoms with Gasteiger partial charge >= 0.3 is 0 Å². The standard InChI is InChI=1S/C14H14N2O4/c17-13(16-7-8-3-1-2-6-15-8)11-9-4-5-10(20-9)12(11)14(18)19/h1-6,9-12H,7H2,(H,16,17)(H,18,19)/p-1/t9-,10+,11+,12+/m1/s1. The largest absolute Gasteiger partial charge is 0.550 e. The highest BCUT2D eigenvalue weighted by Gasteiger charge is 2.50. The highest BCUT2D eigenvalue weighted by atomic mass is 16.5. The molecule has 0 spiro atoms. The first-order valence-corrected chi connectivity index (χ1v) is 6.39. The van der Waals surface area contributed by atoms with Crippen molar-refractivity contribution in [2.45, 2.75) is 18.8 Å². The Morgan fingerprint density at radius 1 is 1.25 bits per heavy atom. The average Bonchev–Trinajstić information content (AvgIpc) is 3.06. The number of fused-ring (bicyclic) bond motifs is 2. The Labute approximate surface area is 115 Å². The summed E-state index contributed by atoms with van der Waals surface area (Å²) in [4.78, 5) is 27.4. The molecule has 1 amide bonds. The predicted octanol–water partition coefficient (Wildman–Crippen LogP) is -0.983. The van der Waals surface area contributed by atoms with Gasteiger partial charge in [-0.1, -0.05) is 18.2 Å². The van der Waals surface area contributed by atoms with Gasteiger partial charge in [-0.15, -0.1) is 0 Å².